The second-order valence-electron chi connectivity index (χ2n) is 6.48. The minimum atomic E-state index is -0.314. The van der Waals surface area contributed by atoms with Crippen molar-refractivity contribution in [1.82, 2.24) is 24.9 Å². The van der Waals surface area contributed by atoms with E-state index in [0.717, 1.165) is 17.0 Å². The van der Waals surface area contributed by atoms with Crippen molar-refractivity contribution in [3.05, 3.63) is 60.2 Å². The van der Waals surface area contributed by atoms with E-state index in [0.29, 0.717) is 36.5 Å². The van der Waals surface area contributed by atoms with E-state index in [-0.39, 0.29) is 11.9 Å². The summed E-state index contributed by atoms with van der Waals surface area (Å²) in [7, 11) is 0. The number of hydrogen-bond acceptors (Lipinski definition) is 5. The zero-order valence-corrected chi connectivity index (χ0v) is 16.4. The van der Waals surface area contributed by atoms with Gasteiger partial charge < -0.3 is 16.0 Å². The highest BCUT2D eigenvalue weighted by Crippen LogP contribution is 2.17. The smallest absolute Gasteiger partial charge is 0.319 e. The first-order valence-corrected chi connectivity index (χ1v) is 9.19. The highest BCUT2D eigenvalue weighted by Gasteiger charge is 2.12. The third-order valence-corrected chi connectivity index (χ3v) is 4.42. The van der Waals surface area contributed by atoms with Crippen molar-refractivity contribution in [3.63, 3.8) is 0 Å². The van der Waals surface area contributed by atoms with Crippen LogP contribution in [0.3, 0.4) is 0 Å². The first-order valence-electron chi connectivity index (χ1n) is 9.19. The second-order valence-corrected chi connectivity index (χ2v) is 6.48. The summed E-state index contributed by atoms with van der Waals surface area (Å²) in [6, 6.07) is 6.60. The molecule has 0 atom stereocenters. The number of rotatable bonds is 7. The van der Waals surface area contributed by atoms with Crippen molar-refractivity contribution in [2.45, 2.75) is 26.7 Å². The lowest BCUT2D eigenvalue weighted by Crippen LogP contribution is -2.28. The molecule has 1 aromatic carbocycles. The molecule has 0 saturated heterocycles. The molecule has 2 heterocycles. The van der Waals surface area contributed by atoms with Gasteiger partial charge in [-0.3, -0.25) is 4.79 Å². The SMILES string of the molecule is C=CCNC(=O)Nc1ccc(NC(=O)CCc2c(C)nc3ncnn3c2C)cc1. The Hall–Kier alpha value is -3.75. The lowest BCUT2D eigenvalue weighted by molar-refractivity contribution is -0.116. The van der Waals surface area contributed by atoms with E-state index in [1.807, 2.05) is 13.8 Å². The molecule has 150 valence electrons. The molecular weight excluding hydrogens is 370 g/mol. The molecule has 29 heavy (non-hydrogen) atoms. The highest BCUT2D eigenvalue weighted by molar-refractivity contribution is 5.92. The lowest BCUT2D eigenvalue weighted by Gasteiger charge is -2.11. The minimum absolute atomic E-state index is 0.105. The quantitative estimate of drug-likeness (QED) is 0.534. The number of fused-ring (bicyclic) bond motifs is 1. The van der Waals surface area contributed by atoms with Gasteiger partial charge in [0.1, 0.15) is 6.33 Å². The highest BCUT2D eigenvalue weighted by atomic mass is 16.2. The normalized spacial score (nSPS) is 10.6. The molecule has 0 spiro atoms. The van der Waals surface area contributed by atoms with E-state index in [1.165, 1.54) is 6.33 Å². The maximum atomic E-state index is 12.3. The van der Waals surface area contributed by atoms with Crippen LogP contribution < -0.4 is 16.0 Å². The first-order chi connectivity index (χ1) is 14.0. The Kier molecular flexibility index (Phi) is 6.18. The maximum absolute atomic E-state index is 12.3. The fourth-order valence-electron chi connectivity index (χ4n) is 2.96. The average molecular weight is 393 g/mol. The van der Waals surface area contributed by atoms with Gasteiger partial charge in [0.2, 0.25) is 5.91 Å². The molecule has 3 rings (SSSR count). The third-order valence-electron chi connectivity index (χ3n) is 4.42. The van der Waals surface area contributed by atoms with Crippen LogP contribution >= 0.6 is 0 Å². The number of nitrogens with zero attached hydrogens (tertiary/aromatic N) is 4. The van der Waals surface area contributed by atoms with Gasteiger partial charge in [-0.15, -0.1) is 6.58 Å². The number of hydrogen-bond donors (Lipinski definition) is 3. The van der Waals surface area contributed by atoms with Gasteiger partial charge in [0.15, 0.2) is 0 Å². The number of carbonyl (C=O) groups is 2. The van der Waals surface area contributed by atoms with E-state index in [1.54, 1.807) is 34.9 Å². The summed E-state index contributed by atoms with van der Waals surface area (Å²) in [6.45, 7) is 7.78. The average Bonchev–Trinajstić information content (AvgIpc) is 3.16. The molecule has 0 radical (unpaired) electrons. The van der Waals surface area contributed by atoms with E-state index < -0.39 is 0 Å². The van der Waals surface area contributed by atoms with Gasteiger partial charge in [0.25, 0.3) is 5.78 Å². The Labute approximate surface area is 168 Å². The number of aromatic nitrogens is 4. The molecule has 3 amide bonds. The maximum Gasteiger partial charge on any atom is 0.319 e. The lowest BCUT2D eigenvalue weighted by atomic mass is 10.1. The van der Waals surface area contributed by atoms with Crippen LogP contribution in [0, 0.1) is 13.8 Å². The van der Waals surface area contributed by atoms with Crippen molar-refractivity contribution >= 4 is 29.1 Å². The van der Waals surface area contributed by atoms with Crippen molar-refractivity contribution < 1.29 is 9.59 Å². The van der Waals surface area contributed by atoms with Crippen LogP contribution in [0.25, 0.3) is 5.78 Å². The molecule has 3 N–H and O–H groups in total. The summed E-state index contributed by atoms with van der Waals surface area (Å²) in [5.41, 5.74) is 4.06. The minimum Gasteiger partial charge on any atom is -0.334 e. The van der Waals surface area contributed by atoms with Crippen molar-refractivity contribution in [2.75, 3.05) is 17.2 Å². The predicted molar refractivity (Wildman–Crippen MR) is 111 cm³/mol. The van der Waals surface area contributed by atoms with Gasteiger partial charge in [0.05, 0.1) is 0 Å². The largest absolute Gasteiger partial charge is 0.334 e. The van der Waals surface area contributed by atoms with Gasteiger partial charge in [-0.25, -0.2) is 14.3 Å². The Bertz CT molecular complexity index is 1040. The fourth-order valence-corrected chi connectivity index (χ4v) is 2.96. The Morgan fingerprint density at radius 3 is 2.52 bits per heavy atom. The van der Waals surface area contributed by atoms with E-state index in [2.05, 4.69) is 37.6 Å². The number of amides is 3. The number of carbonyl (C=O) groups excluding carboxylic acids is 2. The molecule has 0 saturated carbocycles. The topological polar surface area (TPSA) is 113 Å². The van der Waals surface area contributed by atoms with Gasteiger partial charge in [0, 0.05) is 35.7 Å². The van der Waals surface area contributed by atoms with Crippen LogP contribution in [-0.4, -0.2) is 38.1 Å². The third kappa shape index (κ3) is 4.95. The molecule has 3 aromatic rings. The van der Waals surface area contributed by atoms with E-state index >= 15 is 0 Å². The van der Waals surface area contributed by atoms with Gasteiger partial charge >= 0.3 is 6.03 Å². The molecule has 0 fully saturated rings. The summed E-state index contributed by atoms with van der Waals surface area (Å²) in [5.74, 6) is 0.451. The number of benzene rings is 1. The summed E-state index contributed by atoms with van der Waals surface area (Å²) in [5, 5.41) is 12.3. The molecule has 9 nitrogen and oxygen atoms in total. The Morgan fingerprint density at radius 1 is 1.14 bits per heavy atom. The summed E-state index contributed by atoms with van der Waals surface area (Å²) >= 11 is 0. The fraction of sp³-hybridized carbons (Fsp3) is 0.250. The standard InChI is InChI=1S/C20H23N7O2/c1-4-11-21-20(29)26-16-7-5-15(6-8-16)25-18(28)10-9-17-13(2)24-19-22-12-23-27(19)14(17)3/h4-8,12H,1,9-11H2,2-3H3,(H,25,28)(H2,21,26,29). The molecule has 0 aliphatic carbocycles. The van der Waals surface area contributed by atoms with Crippen LogP contribution in [0.2, 0.25) is 0 Å². The van der Waals surface area contributed by atoms with Crippen LogP contribution in [0.1, 0.15) is 23.4 Å². The first kappa shape index (κ1) is 20.0. The number of urea groups is 1. The zero-order chi connectivity index (χ0) is 20.8. The summed E-state index contributed by atoms with van der Waals surface area (Å²) in [6.07, 6.45) is 3.93. The Balaban J connectivity index is 1.56. The molecule has 0 unspecified atom stereocenters. The van der Waals surface area contributed by atoms with Gasteiger partial charge in [-0.1, -0.05) is 6.08 Å². The van der Waals surface area contributed by atoms with Crippen LogP contribution in [-0.2, 0) is 11.2 Å². The van der Waals surface area contributed by atoms with Crippen LogP contribution in [0.5, 0.6) is 0 Å². The second kappa shape index (κ2) is 8.96. The molecule has 9 heteroatoms. The van der Waals surface area contributed by atoms with E-state index in [4.69, 9.17) is 0 Å². The number of anilines is 2. The van der Waals surface area contributed by atoms with Crippen molar-refractivity contribution in [3.8, 4) is 0 Å². The van der Waals surface area contributed by atoms with Crippen LogP contribution in [0.15, 0.2) is 43.2 Å². The van der Waals surface area contributed by atoms with Crippen molar-refractivity contribution in [2.24, 2.45) is 0 Å². The monoisotopic (exact) mass is 393 g/mol. The number of nitrogens with one attached hydrogen (secondary N) is 3. The summed E-state index contributed by atoms with van der Waals surface area (Å²) in [4.78, 5) is 32.5. The molecular formula is C20H23N7O2. The summed E-state index contributed by atoms with van der Waals surface area (Å²) < 4.78 is 1.68. The molecule has 0 aliphatic heterocycles. The molecule has 0 aliphatic rings. The van der Waals surface area contributed by atoms with Crippen LogP contribution in [0.4, 0.5) is 16.2 Å². The predicted octanol–water partition coefficient (Wildman–Crippen LogP) is 2.62. The molecule has 0 bridgehead atoms. The van der Waals surface area contributed by atoms with Gasteiger partial charge in [-0.05, 0) is 50.1 Å². The van der Waals surface area contributed by atoms with Gasteiger partial charge in [-0.2, -0.15) is 10.1 Å². The Morgan fingerprint density at radius 2 is 1.83 bits per heavy atom. The molecule has 2 aromatic heterocycles. The van der Waals surface area contributed by atoms with E-state index in [9.17, 15) is 9.59 Å². The number of aryl methyl sites for hydroxylation is 2. The van der Waals surface area contributed by atoms with Crippen molar-refractivity contribution in [1.29, 1.82) is 0 Å². The zero-order valence-electron chi connectivity index (χ0n) is 16.4.